The number of rotatable bonds is 2. The van der Waals surface area contributed by atoms with E-state index in [0.717, 1.165) is 11.4 Å². The number of carbonyl (C=O) groups excluding carboxylic acids is 1. The van der Waals surface area contributed by atoms with Gasteiger partial charge in [0.25, 0.3) is 5.91 Å². The van der Waals surface area contributed by atoms with Crippen LogP contribution >= 0.6 is 39.1 Å². The SMILES string of the molecule is O=C(Nc1c(Cl)cc(Cl)c2c1N=S=N2)c1ncccc1Br. The summed E-state index contributed by atoms with van der Waals surface area (Å²) < 4.78 is 8.79. The molecule has 1 aliphatic rings. The van der Waals surface area contributed by atoms with Crippen molar-refractivity contribution in [2.75, 3.05) is 5.32 Å². The highest BCUT2D eigenvalue weighted by atomic mass is 79.9. The minimum Gasteiger partial charge on any atom is -0.317 e. The van der Waals surface area contributed by atoms with E-state index < -0.39 is 5.91 Å². The zero-order valence-corrected chi connectivity index (χ0v) is 14.0. The molecule has 1 amide bonds. The quantitative estimate of drug-likeness (QED) is 0.644. The predicted octanol–water partition coefficient (Wildman–Crippen LogP) is 5.13. The van der Waals surface area contributed by atoms with Gasteiger partial charge >= 0.3 is 0 Å². The van der Waals surface area contributed by atoms with Crippen LogP contribution in [0.2, 0.25) is 10.0 Å². The maximum atomic E-state index is 12.3. The zero-order valence-electron chi connectivity index (χ0n) is 10.1. The summed E-state index contributed by atoms with van der Waals surface area (Å²) in [5.41, 5.74) is 1.58. The van der Waals surface area contributed by atoms with Gasteiger partial charge in [-0.25, -0.2) is 4.98 Å². The fraction of sp³-hybridized carbons (Fsp3) is 0. The highest BCUT2D eigenvalue weighted by Crippen LogP contribution is 2.47. The summed E-state index contributed by atoms with van der Waals surface area (Å²) in [6.45, 7) is 0. The van der Waals surface area contributed by atoms with E-state index in [1.54, 1.807) is 12.1 Å². The first kappa shape index (κ1) is 14.6. The molecular weight excluding hydrogens is 399 g/mol. The van der Waals surface area contributed by atoms with E-state index in [1.165, 1.54) is 12.3 Å². The Labute approximate surface area is 141 Å². The molecule has 0 saturated carbocycles. The van der Waals surface area contributed by atoms with Crippen molar-refractivity contribution in [3.05, 3.63) is 44.6 Å². The summed E-state index contributed by atoms with van der Waals surface area (Å²) >= 11 is 16.5. The second-order valence-electron chi connectivity index (χ2n) is 3.96. The number of aromatic nitrogens is 1. The second kappa shape index (κ2) is 5.84. The minimum absolute atomic E-state index is 0.250. The van der Waals surface area contributed by atoms with Crippen LogP contribution in [0.3, 0.4) is 0 Å². The van der Waals surface area contributed by atoms with Gasteiger partial charge in [0.2, 0.25) is 0 Å². The van der Waals surface area contributed by atoms with Crippen molar-refractivity contribution in [2.45, 2.75) is 0 Å². The molecule has 2 aromatic rings. The van der Waals surface area contributed by atoms with Crippen LogP contribution in [-0.2, 0) is 11.4 Å². The number of hydrogen-bond acceptors (Lipinski definition) is 4. The van der Waals surface area contributed by atoms with Crippen LogP contribution in [0.5, 0.6) is 0 Å². The Bertz CT molecular complexity index is 836. The number of carbonyl (C=O) groups is 1. The third-order valence-electron chi connectivity index (χ3n) is 2.66. The molecule has 3 rings (SSSR count). The number of fused-ring (bicyclic) bond motifs is 1. The van der Waals surface area contributed by atoms with Gasteiger partial charge in [-0.15, -0.1) is 0 Å². The molecule has 21 heavy (non-hydrogen) atoms. The first-order valence-corrected chi connectivity index (χ1v) is 7.88. The highest BCUT2D eigenvalue weighted by Gasteiger charge is 2.21. The summed E-state index contributed by atoms with van der Waals surface area (Å²) in [6, 6.07) is 4.97. The molecule has 1 aliphatic heterocycles. The number of amides is 1. The van der Waals surface area contributed by atoms with E-state index in [9.17, 15) is 4.79 Å². The largest absolute Gasteiger partial charge is 0.317 e. The van der Waals surface area contributed by atoms with Crippen molar-refractivity contribution < 1.29 is 4.79 Å². The molecule has 9 heteroatoms. The Morgan fingerprint density at radius 1 is 1.24 bits per heavy atom. The van der Waals surface area contributed by atoms with Gasteiger partial charge in [0.1, 0.15) is 17.1 Å². The van der Waals surface area contributed by atoms with Crippen molar-refractivity contribution in [1.82, 2.24) is 4.98 Å². The molecule has 1 aromatic heterocycles. The summed E-state index contributed by atoms with van der Waals surface area (Å²) in [5.74, 6) is -0.402. The first-order chi connectivity index (χ1) is 10.1. The Kier molecular flexibility index (Phi) is 4.08. The van der Waals surface area contributed by atoms with Crippen LogP contribution in [-0.4, -0.2) is 10.9 Å². The molecule has 0 atom stereocenters. The minimum atomic E-state index is -0.402. The topological polar surface area (TPSA) is 66.7 Å². The molecular formula is C12H5BrCl2N4OS. The smallest absolute Gasteiger partial charge is 0.275 e. The molecule has 0 aliphatic carbocycles. The maximum Gasteiger partial charge on any atom is 0.275 e. The van der Waals surface area contributed by atoms with E-state index in [0.29, 0.717) is 31.6 Å². The Balaban J connectivity index is 2.01. The molecule has 0 radical (unpaired) electrons. The van der Waals surface area contributed by atoms with Gasteiger partial charge in [-0.05, 0) is 34.1 Å². The van der Waals surface area contributed by atoms with E-state index >= 15 is 0 Å². The van der Waals surface area contributed by atoms with E-state index in [2.05, 4.69) is 35.0 Å². The molecule has 1 N–H and O–H groups in total. The second-order valence-corrected chi connectivity index (χ2v) is 6.16. The Morgan fingerprint density at radius 2 is 2.00 bits per heavy atom. The summed E-state index contributed by atoms with van der Waals surface area (Å²) in [6.07, 6.45) is 1.53. The van der Waals surface area contributed by atoms with Crippen molar-refractivity contribution in [2.24, 2.45) is 8.73 Å². The number of nitrogens with zero attached hydrogens (tertiary/aromatic N) is 3. The van der Waals surface area contributed by atoms with Crippen LogP contribution in [0.4, 0.5) is 17.1 Å². The molecule has 0 unspecified atom stereocenters. The predicted molar refractivity (Wildman–Crippen MR) is 87.9 cm³/mol. The lowest BCUT2D eigenvalue weighted by Crippen LogP contribution is -2.14. The molecule has 106 valence electrons. The maximum absolute atomic E-state index is 12.3. The first-order valence-electron chi connectivity index (χ1n) is 5.60. The number of hydrogen-bond donors (Lipinski definition) is 1. The number of benzene rings is 1. The molecule has 1 aromatic carbocycles. The van der Waals surface area contributed by atoms with Crippen molar-refractivity contribution in [3.63, 3.8) is 0 Å². The van der Waals surface area contributed by atoms with Gasteiger partial charge in [-0.2, -0.15) is 8.73 Å². The average molecular weight is 404 g/mol. The number of pyridine rings is 1. The van der Waals surface area contributed by atoms with Crippen molar-refractivity contribution in [1.29, 1.82) is 0 Å². The summed E-state index contributed by atoms with van der Waals surface area (Å²) in [4.78, 5) is 16.3. The van der Waals surface area contributed by atoms with Gasteiger partial charge in [0.05, 0.1) is 27.1 Å². The van der Waals surface area contributed by atoms with Crippen molar-refractivity contribution in [3.8, 4) is 0 Å². The number of anilines is 1. The van der Waals surface area contributed by atoms with E-state index in [-0.39, 0.29) is 5.69 Å². The van der Waals surface area contributed by atoms with Crippen LogP contribution in [0.15, 0.2) is 37.6 Å². The van der Waals surface area contributed by atoms with Gasteiger partial charge in [-0.3, -0.25) is 4.79 Å². The Morgan fingerprint density at radius 3 is 2.76 bits per heavy atom. The monoisotopic (exact) mass is 402 g/mol. The summed E-state index contributed by atoms with van der Waals surface area (Å²) in [7, 11) is 0. The van der Waals surface area contributed by atoms with Crippen molar-refractivity contribution >= 4 is 73.5 Å². The molecule has 5 nitrogen and oxygen atoms in total. The molecule has 0 fully saturated rings. The third-order valence-corrected chi connectivity index (χ3v) is 4.41. The molecule has 0 spiro atoms. The average Bonchev–Trinajstić information content (AvgIpc) is 2.93. The van der Waals surface area contributed by atoms with Crippen LogP contribution in [0.1, 0.15) is 10.5 Å². The van der Waals surface area contributed by atoms with Crippen LogP contribution in [0.25, 0.3) is 0 Å². The molecule has 0 bridgehead atoms. The van der Waals surface area contributed by atoms with Gasteiger partial charge in [0.15, 0.2) is 0 Å². The normalized spacial score (nSPS) is 12.0. The third kappa shape index (κ3) is 2.74. The summed E-state index contributed by atoms with van der Waals surface area (Å²) in [5, 5.41) is 3.39. The fourth-order valence-corrected chi connectivity index (χ4v) is 3.31. The molecule has 0 saturated heterocycles. The van der Waals surface area contributed by atoms with E-state index in [4.69, 9.17) is 23.2 Å². The highest BCUT2D eigenvalue weighted by molar-refractivity contribution is 9.10. The standard InChI is InChI=1S/C12H5BrCl2N4OS/c13-5-2-1-3-16-8(5)12(20)17-9-6(14)4-7(15)10-11(9)19-21-18-10/h1-4H,(H,17,20). The zero-order chi connectivity index (χ0) is 15.0. The van der Waals surface area contributed by atoms with E-state index in [1.807, 2.05) is 0 Å². The van der Waals surface area contributed by atoms with Crippen LogP contribution < -0.4 is 5.32 Å². The number of nitrogens with one attached hydrogen (secondary N) is 1. The van der Waals surface area contributed by atoms with Gasteiger partial charge in [0, 0.05) is 10.7 Å². The molecule has 2 heterocycles. The van der Waals surface area contributed by atoms with Crippen LogP contribution in [0, 0.1) is 0 Å². The van der Waals surface area contributed by atoms with Gasteiger partial charge < -0.3 is 5.32 Å². The number of halogens is 3. The lowest BCUT2D eigenvalue weighted by atomic mass is 10.2. The Hall–Kier alpha value is -1.28. The lowest BCUT2D eigenvalue weighted by Gasteiger charge is -2.11. The van der Waals surface area contributed by atoms with Gasteiger partial charge in [-0.1, -0.05) is 23.2 Å². The lowest BCUT2D eigenvalue weighted by molar-refractivity contribution is 0.102. The fourth-order valence-electron chi connectivity index (χ4n) is 1.72.